The molecule has 0 rings (SSSR count). The predicted molar refractivity (Wildman–Crippen MR) is 68.2 cm³/mol. The molecule has 0 aromatic heterocycles. The minimum Gasteiger partial charge on any atom is -0.370 e. The lowest BCUT2D eigenvalue weighted by Crippen LogP contribution is -2.46. The van der Waals surface area contributed by atoms with Gasteiger partial charge in [-0.15, -0.1) is 30.4 Å². The third kappa shape index (κ3) is 5.75. The van der Waals surface area contributed by atoms with Crippen molar-refractivity contribution < 1.29 is 0 Å². The molecule has 76 valence electrons. The van der Waals surface area contributed by atoms with Crippen molar-refractivity contribution in [3.8, 4) is 12.3 Å². The molecular formula is C9H18IN3. The summed E-state index contributed by atoms with van der Waals surface area (Å²) in [6.45, 7) is 6.15. The van der Waals surface area contributed by atoms with Gasteiger partial charge in [0.1, 0.15) is 0 Å². The Morgan fingerprint density at radius 3 is 2.23 bits per heavy atom. The van der Waals surface area contributed by atoms with E-state index >= 15 is 0 Å². The minimum absolute atomic E-state index is 0. The van der Waals surface area contributed by atoms with Crippen molar-refractivity contribution in [1.29, 1.82) is 0 Å². The van der Waals surface area contributed by atoms with Crippen LogP contribution in [0.3, 0.4) is 0 Å². The first kappa shape index (κ1) is 15.1. The van der Waals surface area contributed by atoms with Gasteiger partial charge >= 0.3 is 0 Å². The molecule has 0 heterocycles. The van der Waals surface area contributed by atoms with Crippen LogP contribution in [-0.2, 0) is 0 Å². The fraction of sp³-hybridized carbons (Fsp3) is 0.667. The molecule has 13 heavy (non-hydrogen) atoms. The summed E-state index contributed by atoms with van der Waals surface area (Å²) in [6.07, 6.45) is 5.34. The summed E-state index contributed by atoms with van der Waals surface area (Å²) in [7, 11) is 1.62. The van der Waals surface area contributed by atoms with Gasteiger partial charge in [-0.1, -0.05) is 26.7 Å². The molecule has 4 heteroatoms. The highest BCUT2D eigenvalue weighted by molar-refractivity contribution is 14.0. The summed E-state index contributed by atoms with van der Waals surface area (Å²) in [5, 5.41) is 2.95. The SMILES string of the molecule is C#CC(NC(N)=NC)C(C)(C)C.I. The second kappa shape index (κ2) is 6.08. The Morgan fingerprint density at radius 2 is 2.00 bits per heavy atom. The third-order valence-corrected chi connectivity index (χ3v) is 1.57. The number of aliphatic imine (C=N–C) groups is 1. The number of hydrogen-bond acceptors (Lipinski definition) is 1. The molecule has 0 amide bonds. The first-order valence-corrected chi connectivity index (χ1v) is 3.86. The number of nitrogens with one attached hydrogen (secondary N) is 1. The van der Waals surface area contributed by atoms with Gasteiger partial charge in [0, 0.05) is 7.05 Å². The van der Waals surface area contributed by atoms with Crippen molar-refractivity contribution >= 4 is 29.9 Å². The van der Waals surface area contributed by atoms with E-state index in [1.165, 1.54) is 0 Å². The minimum atomic E-state index is -0.0822. The van der Waals surface area contributed by atoms with Gasteiger partial charge in [-0.2, -0.15) is 0 Å². The van der Waals surface area contributed by atoms with Crippen LogP contribution in [0.5, 0.6) is 0 Å². The van der Waals surface area contributed by atoms with Crippen molar-refractivity contribution in [3.63, 3.8) is 0 Å². The van der Waals surface area contributed by atoms with Crippen LogP contribution in [0, 0.1) is 17.8 Å². The van der Waals surface area contributed by atoms with E-state index in [1.54, 1.807) is 7.05 Å². The van der Waals surface area contributed by atoms with Gasteiger partial charge < -0.3 is 11.1 Å². The highest BCUT2D eigenvalue weighted by Gasteiger charge is 2.22. The molecule has 0 aromatic carbocycles. The average molecular weight is 295 g/mol. The van der Waals surface area contributed by atoms with Gasteiger partial charge in [-0.25, -0.2) is 0 Å². The molecule has 0 fully saturated rings. The number of guanidine groups is 1. The van der Waals surface area contributed by atoms with Crippen LogP contribution in [0.25, 0.3) is 0 Å². The second-order valence-electron chi connectivity index (χ2n) is 3.72. The summed E-state index contributed by atoms with van der Waals surface area (Å²) >= 11 is 0. The van der Waals surface area contributed by atoms with Gasteiger partial charge in [-0.3, -0.25) is 4.99 Å². The molecule has 3 N–H and O–H groups in total. The van der Waals surface area contributed by atoms with Gasteiger partial charge in [-0.05, 0) is 5.41 Å². The van der Waals surface area contributed by atoms with Crippen LogP contribution in [0.1, 0.15) is 20.8 Å². The number of rotatable bonds is 1. The summed E-state index contributed by atoms with van der Waals surface area (Å²) in [5.74, 6) is 3.02. The first-order chi connectivity index (χ1) is 5.41. The van der Waals surface area contributed by atoms with E-state index in [9.17, 15) is 0 Å². The maximum absolute atomic E-state index is 5.49. The molecule has 1 atom stereocenters. The Morgan fingerprint density at radius 1 is 1.54 bits per heavy atom. The monoisotopic (exact) mass is 295 g/mol. The van der Waals surface area contributed by atoms with Crippen LogP contribution in [0.2, 0.25) is 0 Å². The van der Waals surface area contributed by atoms with Crippen LogP contribution in [0.15, 0.2) is 4.99 Å². The Hall–Kier alpha value is -0.440. The number of halogens is 1. The van der Waals surface area contributed by atoms with E-state index in [2.05, 4.69) is 16.2 Å². The van der Waals surface area contributed by atoms with Gasteiger partial charge in [0.25, 0.3) is 0 Å². The zero-order chi connectivity index (χ0) is 9.78. The Balaban J connectivity index is 0. The van der Waals surface area contributed by atoms with E-state index in [-0.39, 0.29) is 35.4 Å². The van der Waals surface area contributed by atoms with Gasteiger partial charge in [0.15, 0.2) is 5.96 Å². The van der Waals surface area contributed by atoms with E-state index in [0.29, 0.717) is 5.96 Å². The maximum atomic E-state index is 5.49. The van der Waals surface area contributed by atoms with Crippen LogP contribution < -0.4 is 11.1 Å². The molecule has 0 aromatic rings. The molecule has 0 spiro atoms. The molecule has 0 aliphatic carbocycles. The summed E-state index contributed by atoms with van der Waals surface area (Å²) < 4.78 is 0. The lowest BCUT2D eigenvalue weighted by Gasteiger charge is -2.27. The molecule has 0 aliphatic heterocycles. The summed E-state index contributed by atoms with van der Waals surface area (Å²) in [4.78, 5) is 3.78. The van der Waals surface area contributed by atoms with Crippen molar-refractivity contribution in [3.05, 3.63) is 0 Å². The highest BCUT2D eigenvalue weighted by Crippen LogP contribution is 2.17. The van der Waals surface area contributed by atoms with E-state index < -0.39 is 0 Å². The van der Waals surface area contributed by atoms with Crippen LogP contribution >= 0.6 is 24.0 Å². The number of nitrogens with two attached hydrogens (primary N) is 1. The standard InChI is InChI=1S/C9H17N3.HI/c1-6-7(9(2,3)4)12-8(10)11-5;/h1,7H,2-5H3,(H3,10,11,12);1H. The predicted octanol–water partition coefficient (Wildman–Crippen LogP) is 1.19. The lowest BCUT2D eigenvalue weighted by molar-refractivity contribution is 0.351. The van der Waals surface area contributed by atoms with Crippen LogP contribution in [0.4, 0.5) is 0 Å². The Bertz CT molecular complexity index is 210. The Kier molecular flexibility index (Phi) is 7.04. The molecule has 0 radical (unpaired) electrons. The average Bonchev–Trinajstić information content (AvgIpc) is 1.97. The molecule has 0 saturated carbocycles. The topological polar surface area (TPSA) is 50.4 Å². The number of nitrogens with zero attached hydrogens (tertiary/aromatic N) is 1. The molecule has 0 bridgehead atoms. The van der Waals surface area contributed by atoms with Crippen molar-refractivity contribution in [2.24, 2.45) is 16.1 Å². The molecule has 1 unspecified atom stereocenters. The molecule has 3 nitrogen and oxygen atoms in total. The van der Waals surface area contributed by atoms with Gasteiger partial charge in [0.2, 0.25) is 0 Å². The lowest BCUT2D eigenvalue weighted by atomic mass is 9.87. The summed E-state index contributed by atoms with van der Waals surface area (Å²) in [5.41, 5.74) is 5.48. The first-order valence-electron chi connectivity index (χ1n) is 3.86. The van der Waals surface area contributed by atoms with Gasteiger partial charge in [0.05, 0.1) is 6.04 Å². The van der Waals surface area contributed by atoms with Crippen molar-refractivity contribution in [2.75, 3.05) is 7.05 Å². The molecule has 0 aliphatic rings. The second-order valence-corrected chi connectivity index (χ2v) is 3.72. The van der Waals surface area contributed by atoms with Crippen molar-refractivity contribution in [1.82, 2.24) is 5.32 Å². The van der Waals surface area contributed by atoms with E-state index in [1.807, 2.05) is 20.8 Å². The highest BCUT2D eigenvalue weighted by atomic mass is 127. The summed E-state index contributed by atoms with van der Waals surface area (Å²) in [6, 6.07) is -0.0822. The fourth-order valence-electron chi connectivity index (χ4n) is 0.721. The number of hydrogen-bond donors (Lipinski definition) is 2. The third-order valence-electron chi connectivity index (χ3n) is 1.57. The van der Waals surface area contributed by atoms with Crippen molar-refractivity contribution in [2.45, 2.75) is 26.8 Å². The van der Waals surface area contributed by atoms with E-state index in [4.69, 9.17) is 12.2 Å². The Labute approximate surface area is 97.6 Å². The molecule has 0 saturated heterocycles. The smallest absolute Gasteiger partial charge is 0.189 e. The number of terminal acetylenes is 1. The zero-order valence-electron chi connectivity index (χ0n) is 8.59. The van der Waals surface area contributed by atoms with E-state index in [0.717, 1.165) is 0 Å². The van der Waals surface area contributed by atoms with Crippen LogP contribution in [-0.4, -0.2) is 19.0 Å². The quantitative estimate of drug-likeness (QED) is 0.330. The largest absolute Gasteiger partial charge is 0.370 e. The fourth-order valence-corrected chi connectivity index (χ4v) is 0.721. The zero-order valence-corrected chi connectivity index (χ0v) is 10.9. The normalized spacial score (nSPS) is 13.9. The molecular weight excluding hydrogens is 277 g/mol. The maximum Gasteiger partial charge on any atom is 0.189 e.